The van der Waals surface area contributed by atoms with E-state index in [9.17, 15) is 14.9 Å². The molecule has 1 saturated heterocycles. The standard InChI is InChI=1S/C19H18N2O6S/c1-25-17-12-14(18(28)20-8-10-26-11-9-20)4-7-16(17)27-19(22)13-2-5-15(6-3-13)21(23)24/h2-7,12H,8-11H2,1H3. The molecule has 2 aromatic carbocycles. The maximum Gasteiger partial charge on any atom is 0.343 e. The third-order valence-electron chi connectivity index (χ3n) is 4.23. The van der Waals surface area contributed by atoms with Gasteiger partial charge in [-0.2, -0.15) is 0 Å². The van der Waals surface area contributed by atoms with Crippen LogP contribution in [0.5, 0.6) is 11.5 Å². The molecular weight excluding hydrogens is 384 g/mol. The molecule has 28 heavy (non-hydrogen) atoms. The summed E-state index contributed by atoms with van der Waals surface area (Å²) >= 11 is 5.54. The minimum Gasteiger partial charge on any atom is -0.493 e. The molecule has 0 amide bonds. The Hall–Kier alpha value is -3.04. The van der Waals surface area contributed by atoms with Crippen LogP contribution in [0.4, 0.5) is 5.69 Å². The van der Waals surface area contributed by atoms with Gasteiger partial charge >= 0.3 is 5.97 Å². The second-order valence-electron chi connectivity index (χ2n) is 5.96. The van der Waals surface area contributed by atoms with Crippen LogP contribution in [0.3, 0.4) is 0 Å². The van der Waals surface area contributed by atoms with Crippen LogP contribution in [0.15, 0.2) is 42.5 Å². The third-order valence-corrected chi connectivity index (χ3v) is 4.72. The van der Waals surface area contributed by atoms with Crippen molar-refractivity contribution in [2.75, 3.05) is 33.4 Å². The fourth-order valence-corrected chi connectivity index (χ4v) is 3.02. The fraction of sp³-hybridized carbons (Fsp3) is 0.263. The van der Waals surface area contributed by atoms with Gasteiger partial charge in [-0.05, 0) is 30.3 Å². The van der Waals surface area contributed by atoms with Crippen LogP contribution in [0.1, 0.15) is 15.9 Å². The first-order valence-corrected chi connectivity index (χ1v) is 8.92. The molecule has 9 heteroatoms. The van der Waals surface area contributed by atoms with Crippen LogP contribution in [-0.4, -0.2) is 54.2 Å². The lowest BCUT2D eigenvalue weighted by molar-refractivity contribution is -0.384. The number of nitro benzene ring substituents is 1. The van der Waals surface area contributed by atoms with Crippen molar-refractivity contribution in [3.8, 4) is 11.5 Å². The van der Waals surface area contributed by atoms with Gasteiger partial charge in [0.2, 0.25) is 0 Å². The van der Waals surface area contributed by atoms with E-state index >= 15 is 0 Å². The number of methoxy groups -OCH3 is 1. The summed E-state index contributed by atoms with van der Waals surface area (Å²) in [4.78, 5) is 25.2. The second kappa shape index (κ2) is 8.77. The van der Waals surface area contributed by atoms with E-state index < -0.39 is 10.9 Å². The van der Waals surface area contributed by atoms with E-state index in [4.69, 9.17) is 26.4 Å². The van der Waals surface area contributed by atoms with Crippen LogP contribution in [-0.2, 0) is 4.74 Å². The number of hydrogen-bond acceptors (Lipinski definition) is 7. The lowest BCUT2D eigenvalue weighted by Crippen LogP contribution is -2.40. The van der Waals surface area contributed by atoms with Crippen LogP contribution in [0, 0.1) is 10.1 Å². The van der Waals surface area contributed by atoms with E-state index in [0.717, 1.165) is 18.7 Å². The number of ether oxygens (including phenoxy) is 3. The van der Waals surface area contributed by atoms with E-state index in [1.807, 2.05) is 0 Å². The molecular formula is C19H18N2O6S. The molecule has 0 unspecified atom stereocenters. The topological polar surface area (TPSA) is 91.1 Å². The summed E-state index contributed by atoms with van der Waals surface area (Å²) in [5.74, 6) is -0.0422. The number of hydrogen-bond donors (Lipinski definition) is 0. The van der Waals surface area contributed by atoms with E-state index in [1.165, 1.54) is 31.4 Å². The Morgan fingerprint density at radius 2 is 1.75 bits per heavy atom. The number of carbonyl (C=O) groups is 1. The number of carbonyl (C=O) groups excluding carboxylic acids is 1. The fourth-order valence-electron chi connectivity index (χ4n) is 2.71. The number of morpholine rings is 1. The molecule has 0 bridgehead atoms. The predicted molar refractivity (Wildman–Crippen MR) is 105 cm³/mol. The largest absolute Gasteiger partial charge is 0.493 e. The van der Waals surface area contributed by atoms with Gasteiger partial charge in [0, 0.05) is 30.8 Å². The lowest BCUT2D eigenvalue weighted by atomic mass is 10.1. The van der Waals surface area contributed by atoms with Gasteiger partial charge in [-0.3, -0.25) is 10.1 Å². The van der Waals surface area contributed by atoms with E-state index in [2.05, 4.69) is 4.90 Å². The number of benzene rings is 2. The Kier molecular flexibility index (Phi) is 6.17. The first-order valence-electron chi connectivity index (χ1n) is 8.51. The van der Waals surface area contributed by atoms with E-state index in [1.54, 1.807) is 18.2 Å². The maximum absolute atomic E-state index is 12.3. The van der Waals surface area contributed by atoms with Gasteiger partial charge in [0.25, 0.3) is 5.69 Å². The maximum atomic E-state index is 12.3. The zero-order chi connectivity index (χ0) is 20.1. The molecule has 0 aliphatic carbocycles. The SMILES string of the molecule is COc1cc(C(=S)N2CCOCC2)ccc1OC(=O)c1ccc([N+](=O)[O-])cc1. The van der Waals surface area contributed by atoms with Crippen LogP contribution in [0.2, 0.25) is 0 Å². The smallest absolute Gasteiger partial charge is 0.343 e. The van der Waals surface area contributed by atoms with Crippen molar-refractivity contribution < 1.29 is 23.9 Å². The summed E-state index contributed by atoms with van der Waals surface area (Å²) in [7, 11) is 1.47. The lowest BCUT2D eigenvalue weighted by Gasteiger charge is -2.29. The Bertz CT molecular complexity index is 894. The summed E-state index contributed by atoms with van der Waals surface area (Å²) in [5, 5.41) is 10.7. The average Bonchev–Trinajstić information content (AvgIpc) is 2.74. The number of esters is 1. The molecule has 0 N–H and O–H groups in total. The molecule has 2 aromatic rings. The van der Waals surface area contributed by atoms with Crippen molar-refractivity contribution in [1.29, 1.82) is 0 Å². The molecule has 1 aliphatic heterocycles. The number of nitro groups is 1. The Morgan fingerprint density at radius 1 is 1.11 bits per heavy atom. The Labute approximate surface area is 166 Å². The zero-order valence-corrected chi connectivity index (χ0v) is 15.9. The number of rotatable bonds is 5. The summed E-state index contributed by atoms with van der Waals surface area (Å²) in [5.41, 5.74) is 0.875. The molecule has 3 rings (SSSR count). The summed E-state index contributed by atoms with van der Waals surface area (Å²) in [6.07, 6.45) is 0. The molecule has 0 radical (unpaired) electrons. The predicted octanol–water partition coefficient (Wildman–Crippen LogP) is 2.83. The van der Waals surface area contributed by atoms with E-state index in [-0.39, 0.29) is 17.0 Å². The summed E-state index contributed by atoms with van der Waals surface area (Å²) < 4.78 is 16.1. The molecule has 146 valence electrons. The number of thiocarbonyl (C=S) groups is 1. The average molecular weight is 402 g/mol. The highest BCUT2D eigenvalue weighted by Gasteiger charge is 2.19. The minimum atomic E-state index is -0.642. The molecule has 0 saturated carbocycles. The van der Waals surface area contributed by atoms with Gasteiger partial charge in [0.1, 0.15) is 4.99 Å². The second-order valence-corrected chi connectivity index (χ2v) is 6.35. The molecule has 0 spiro atoms. The molecule has 8 nitrogen and oxygen atoms in total. The van der Waals surface area contributed by atoms with Gasteiger partial charge in [-0.1, -0.05) is 12.2 Å². The zero-order valence-electron chi connectivity index (χ0n) is 15.1. The van der Waals surface area contributed by atoms with Gasteiger partial charge in [0.05, 0.1) is 30.8 Å². The quantitative estimate of drug-likeness (QED) is 0.248. The number of non-ortho nitro benzene ring substituents is 1. The van der Waals surface area contributed by atoms with Crippen molar-refractivity contribution in [3.05, 3.63) is 63.7 Å². The normalized spacial score (nSPS) is 13.7. The first-order chi connectivity index (χ1) is 13.5. The highest BCUT2D eigenvalue weighted by atomic mass is 32.1. The van der Waals surface area contributed by atoms with Gasteiger partial charge in [-0.25, -0.2) is 4.79 Å². The summed E-state index contributed by atoms with van der Waals surface area (Å²) in [6, 6.07) is 10.3. The van der Waals surface area contributed by atoms with Gasteiger partial charge in [-0.15, -0.1) is 0 Å². The molecule has 1 heterocycles. The molecule has 0 aromatic heterocycles. The van der Waals surface area contributed by atoms with Crippen molar-refractivity contribution in [2.24, 2.45) is 0 Å². The van der Waals surface area contributed by atoms with Crippen molar-refractivity contribution in [3.63, 3.8) is 0 Å². The third kappa shape index (κ3) is 4.44. The van der Waals surface area contributed by atoms with E-state index in [0.29, 0.717) is 24.0 Å². The molecule has 0 atom stereocenters. The number of nitrogens with zero attached hydrogens (tertiary/aromatic N) is 2. The van der Waals surface area contributed by atoms with Crippen LogP contribution < -0.4 is 9.47 Å². The highest BCUT2D eigenvalue weighted by molar-refractivity contribution is 7.80. The van der Waals surface area contributed by atoms with Gasteiger partial charge < -0.3 is 19.1 Å². The van der Waals surface area contributed by atoms with Crippen LogP contribution in [0.25, 0.3) is 0 Å². The first kappa shape index (κ1) is 19.7. The molecule has 1 aliphatic rings. The van der Waals surface area contributed by atoms with Crippen molar-refractivity contribution >= 4 is 28.9 Å². The van der Waals surface area contributed by atoms with Crippen molar-refractivity contribution in [1.82, 2.24) is 4.90 Å². The summed E-state index contributed by atoms with van der Waals surface area (Å²) in [6.45, 7) is 2.69. The monoisotopic (exact) mass is 402 g/mol. The minimum absolute atomic E-state index is 0.102. The van der Waals surface area contributed by atoms with Crippen LogP contribution >= 0.6 is 12.2 Å². The van der Waals surface area contributed by atoms with Gasteiger partial charge in [0.15, 0.2) is 11.5 Å². The Morgan fingerprint density at radius 3 is 2.36 bits per heavy atom. The molecule has 1 fully saturated rings. The van der Waals surface area contributed by atoms with Crippen molar-refractivity contribution in [2.45, 2.75) is 0 Å². The Balaban J connectivity index is 1.75. The highest BCUT2D eigenvalue weighted by Crippen LogP contribution is 2.30.